The number of hydrogen-bond acceptors (Lipinski definition) is 7. The monoisotopic (exact) mass is 344 g/mol. The highest BCUT2D eigenvalue weighted by Gasteiger charge is 2.11. The van der Waals surface area contributed by atoms with Gasteiger partial charge in [0.05, 0.1) is 30.6 Å². The van der Waals surface area contributed by atoms with E-state index in [9.17, 15) is 4.79 Å². The lowest BCUT2D eigenvalue weighted by atomic mass is 10.2. The molecular weight excluding hydrogens is 328 g/mol. The number of thiophene rings is 1. The number of carbonyl (C=O) groups is 1. The predicted octanol–water partition coefficient (Wildman–Crippen LogP) is 3.38. The second-order valence-corrected chi connectivity index (χ2v) is 5.75. The first-order chi connectivity index (χ1) is 11.7. The molecule has 0 radical (unpaired) electrons. The van der Waals surface area contributed by atoms with Crippen LogP contribution in [0.5, 0.6) is 5.75 Å². The van der Waals surface area contributed by atoms with Crippen LogP contribution >= 0.6 is 11.3 Å². The van der Waals surface area contributed by atoms with E-state index in [-0.39, 0.29) is 5.91 Å². The minimum Gasteiger partial charge on any atom is -0.497 e. The SMILES string of the molecule is COc1ccc(NC(C)=O)c(NCc2noc(-c3ccsc3)n2)c1. The van der Waals surface area contributed by atoms with Crippen molar-refractivity contribution in [3.8, 4) is 17.2 Å². The molecule has 0 bridgehead atoms. The van der Waals surface area contributed by atoms with Gasteiger partial charge in [-0.3, -0.25) is 4.79 Å². The van der Waals surface area contributed by atoms with E-state index < -0.39 is 0 Å². The highest BCUT2D eigenvalue weighted by Crippen LogP contribution is 2.27. The number of nitrogens with one attached hydrogen (secondary N) is 2. The van der Waals surface area contributed by atoms with Gasteiger partial charge in [-0.1, -0.05) is 5.16 Å². The minimum atomic E-state index is -0.150. The molecule has 0 aliphatic rings. The Labute approximate surface area is 142 Å². The Balaban J connectivity index is 1.74. The number of carbonyl (C=O) groups excluding carboxylic acids is 1. The van der Waals surface area contributed by atoms with Gasteiger partial charge in [0, 0.05) is 18.4 Å². The maximum atomic E-state index is 11.3. The lowest BCUT2D eigenvalue weighted by Crippen LogP contribution is -2.10. The van der Waals surface area contributed by atoms with Crippen LogP contribution in [0.1, 0.15) is 12.7 Å². The van der Waals surface area contributed by atoms with Crippen molar-refractivity contribution in [3.63, 3.8) is 0 Å². The summed E-state index contributed by atoms with van der Waals surface area (Å²) in [6.07, 6.45) is 0. The minimum absolute atomic E-state index is 0.150. The number of methoxy groups -OCH3 is 1. The number of aromatic nitrogens is 2. The Hall–Kier alpha value is -2.87. The van der Waals surface area contributed by atoms with E-state index in [4.69, 9.17) is 9.26 Å². The Morgan fingerprint density at radius 1 is 1.33 bits per heavy atom. The van der Waals surface area contributed by atoms with Crippen molar-refractivity contribution in [2.75, 3.05) is 17.7 Å². The largest absolute Gasteiger partial charge is 0.497 e. The van der Waals surface area contributed by atoms with E-state index in [0.717, 1.165) is 5.56 Å². The summed E-state index contributed by atoms with van der Waals surface area (Å²) in [7, 11) is 1.59. The molecule has 2 N–H and O–H groups in total. The second kappa shape index (κ2) is 7.14. The third-order valence-corrected chi connectivity index (χ3v) is 3.89. The summed E-state index contributed by atoms with van der Waals surface area (Å²) in [5, 5.41) is 13.8. The lowest BCUT2D eigenvalue weighted by Gasteiger charge is -2.12. The molecule has 8 heteroatoms. The smallest absolute Gasteiger partial charge is 0.258 e. The van der Waals surface area contributed by atoms with Gasteiger partial charge in [0.15, 0.2) is 5.82 Å². The molecule has 0 unspecified atom stereocenters. The molecule has 3 aromatic rings. The van der Waals surface area contributed by atoms with Crippen molar-refractivity contribution in [2.24, 2.45) is 0 Å². The maximum Gasteiger partial charge on any atom is 0.258 e. The number of rotatable bonds is 6. The fraction of sp³-hybridized carbons (Fsp3) is 0.188. The van der Waals surface area contributed by atoms with Crippen LogP contribution in [0.3, 0.4) is 0 Å². The molecule has 0 aliphatic carbocycles. The van der Waals surface area contributed by atoms with Gasteiger partial charge in [-0.2, -0.15) is 16.3 Å². The van der Waals surface area contributed by atoms with Gasteiger partial charge < -0.3 is 19.9 Å². The van der Waals surface area contributed by atoms with E-state index >= 15 is 0 Å². The molecule has 2 aromatic heterocycles. The molecular formula is C16H16N4O3S. The highest BCUT2D eigenvalue weighted by molar-refractivity contribution is 7.08. The van der Waals surface area contributed by atoms with Crippen LogP contribution in [0.2, 0.25) is 0 Å². The zero-order chi connectivity index (χ0) is 16.9. The Kier molecular flexibility index (Phi) is 4.76. The fourth-order valence-electron chi connectivity index (χ4n) is 2.10. The van der Waals surface area contributed by atoms with Crippen LogP contribution in [0.4, 0.5) is 11.4 Å². The molecule has 0 fully saturated rings. The van der Waals surface area contributed by atoms with Crippen LogP contribution in [0.25, 0.3) is 11.5 Å². The normalized spacial score (nSPS) is 10.4. The van der Waals surface area contributed by atoms with Gasteiger partial charge in [0.25, 0.3) is 5.89 Å². The standard InChI is InChI=1S/C16H16N4O3S/c1-10(21)18-13-4-3-12(22-2)7-14(13)17-8-15-19-16(23-20-15)11-5-6-24-9-11/h3-7,9,17H,8H2,1-2H3,(H,18,21). The molecule has 0 aliphatic heterocycles. The van der Waals surface area contributed by atoms with Crippen LogP contribution < -0.4 is 15.4 Å². The predicted molar refractivity (Wildman–Crippen MR) is 92.2 cm³/mol. The van der Waals surface area contributed by atoms with Crippen molar-refractivity contribution in [1.29, 1.82) is 0 Å². The van der Waals surface area contributed by atoms with E-state index in [1.54, 1.807) is 36.6 Å². The fourth-order valence-corrected chi connectivity index (χ4v) is 2.73. The summed E-state index contributed by atoms with van der Waals surface area (Å²) in [4.78, 5) is 15.7. The quantitative estimate of drug-likeness (QED) is 0.712. The maximum absolute atomic E-state index is 11.3. The molecule has 1 amide bonds. The topological polar surface area (TPSA) is 89.3 Å². The van der Waals surface area contributed by atoms with Gasteiger partial charge >= 0.3 is 0 Å². The summed E-state index contributed by atoms with van der Waals surface area (Å²) < 4.78 is 10.5. The zero-order valence-electron chi connectivity index (χ0n) is 13.2. The third-order valence-electron chi connectivity index (χ3n) is 3.21. The van der Waals surface area contributed by atoms with Gasteiger partial charge in [0.2, 0.25) is 5.91 Å². The third kappa shape index (κ3) is 3.72. The van der Waals surface area contributed by atoms with Crippen molar-refractivity contribution < 1.29 is 14.1 Å². The van der Waals surface area contributed by atoms with Crippen molar-refractivity contribution >= 4 is 28.6 Å². The average Bonchev–Trinajstić information content (AvgIpc) is 3.24. The summed E-state index contributed by atoms with van der Waals surface area (Å²) in [5.41, 5.74) is 2.27. The molecule has 124 valence electrons. The number of hydrogen-bond donors (Lipinski definition) is 2. The molecule has 0 spiro atoms. The van der Waals surface area contributed by atoms with Crippen LogP contribution in [-0.4, -0.2) is 23.2 Å². The van der Waals surface area contributed by atoms with Gasteiger partial charge in [0.1, 0.15) is 5.75 Å². The number of anilines is 2. The van der Waals surface area contributed by atoms with E-state index in [1.165, 1.54) is 6.92 Å². The molecule has 24 heavy (non-hydrogen) atoms. The van der Waals surface area contributed by atoms with Crippen LogP contribution in [0, 0.1) is 0 Å². The number of nitrogens with zero attached hydrogens (tertiary/aromatic N) is 2. The molecule has 0 atom stereocenters. The number of amides is 1. The molecule has 0 saturated heterocycles. The molecule has 7 nitrogen and oxygen atoms in total. The molecule has 2 heterocycles. The summed E-state index contributed by atoms with van der Waals surface area (Å²) in [5.74, 6) is 1.54. The molecule has 0 saturated carbocycles. The van der Waals surface area contributed by atoms with Crippen molar-refractivity contribution in [3.05, 3.63) is 40.8 Å². The van der Waals surface area contributed by atoms with Crippen LogP contribution in [-0.2, 0) is 11.3 Å². The van der Waals surface area contributed by atoms with Crippen molar-refractivity contribution in [1.82, 2.24) is 10.1 Å². The van der Waals surface area contributed by atoms with Gasteiger partial charge in [-0.25, -0.2) is 0 Å². The highest BCUT2D eigenvalue weighted by atomic mass is 32.1. The van der Waals surface area contributed by atoms with Gasteiger partial charge in [-0.15, -0.1) is 0 Å². The average molecular weight is 344 g/mol. The number of ether oxygens (including phenoxy) is 1. The Morgan fingerprint density at radius 3 is 2.92 bits per heavy atom. The summed E-state index contributed by atoms with van der Waals surface area (Å²) in [6, 6.07) is 7.27. The Morgan fingerprint density at radius 2 is 2.21 bits per heavy atom. The van der Waals surface area contributed by atoms with E-state index in [2.05, 4.69) is 20.8 Å². The Bertz CT molecular complexity index is 830. The molecule has 3 rings (SSSR count). The first kappa shape index (κ1) is 16.0. The van der Waals surface area contributed by atoms with Crippen molar-refractivity contribution in [2.45, 2.75) is 13.5 Å². The van der Waals surface area contributed by atoms with Crippen LogP contribution in [0.15, 0.2) is 39.5 Å². The summed E-state index contributed by atoms with van der Waals surface area (Å²) >= 11 is 1.57. The first-order valence-corrected chi connectivity index (χ1v) is 8.14. The van der Waals surface area contributed by atoms with Gasteiger partial charge in [-0.05, 0) is 23.6 Å². The first-order valence-electron chi connectivity index (χ1n) is 7.20. The lowest BCUT2D eigenvalue weighted by molar-refractivity contribution is -0.114. The second-order valence-electron chi connectivity index (χ2n) is 4.97. The summed E-state index contributed by atoms with van der Waals surface area (Å²) in [6.45, 7) is 1.81. The number of benzene rings is 1. The zero-order valence-corrected chi connectivity index (χ0v) is 14.0. The molecule has 1 aromatic carbocycles. The van der Waals surface area contributed by atoms with E-state index in [0.29, 0.717) is 35.4 Å². The van der Waals surface area contributed by atoms with E-state index in [1.807, 2.05) is 16.8 Å².